The molecule has 0 fully saturated rings. The summed E-state index contributed by atoms with van der Waals surface area (Å²) < 4.78 is 0. The molecule has 0 aliphatic rings. The van der Waals surface area contributed by atoms with Crippen molar-refractivity contribution in [2.24, 2.45) is 11.7 Å². The predicted molar refractivity (Wildman–Crippen MR) is 127 cm³/mol. The van der Waals surface area contributed by atoms with Crippen LogP contribution in [0.4, 0.5) is 0 Å². The van der Waals surface area contributed by atoms with E-state index in [1.165, 1.54) is 31.2 Å². The van der Waals surface area contributed by atoms with Crippen LogP contribution in [0.5, 0.6) is 5.75 Å². The van der Waals surface area contributed by atoms with E-state index in [1.807, 2.05) is 0 Å². The Morgan fingerprint density at radius 3 is 1.92 bits per heavy atom. The van der Waals surface area contributed by atoms with Crippen molar-refractivity contribution >= 4 is 29.7 Å². The average Bonchev–Trinajstić information content (AvgIpc) is 2.80. The second kappa shape index (κ2) is 14.0. The number of rotatable bonds is 14. The maximum Gasteiger partial charge on any atom is 0.328 e. The Labute approximate surface area is 208 Å². The molecule has 0 saturated heterocycles. The van der Waals surface area contributed by atoms with Gasteiger partial charge < -0.3 is 42.1 Å². The number of aliphatic hydroxyl groups is 1. The van der Waals surface area contributed by atoms with E-state index in [4.69, 9.17) is 10.8 Å². The number of phenols is 1. The number of aliphatic hydroxyl groups excluding tert-OH is 1. The summed E-state index contributed by atoms with van der Waals surface area (Å²) in [5.74, 6) is -5.80. The number of hydrogen-bond acceptors (Lipinski definition) is 8. The molecule has 0 spiro atoms. The number of benzene rings is 1. The number of carbonyl (C=O) groups excluding carboxylic acids is 3. The summed E-state index contributed by atoms with van der Waals surface area (Å²) in [6.45, 7) is 4.60. The Balaban J connectivity index is 3.18. The molecule has 1 aromatic carbocycles. The van der Waals surface area contributed by atoms with Gasteiger partial charge in [-0.2, -0.15) is 0 Å². The second-order valence-electron chi connectivity index (χ2n) is 8.57. The van der Waals surface area contributed by atoms with Crippen molar-refractivity contribution in [2.75, 3.05) is 0 Å². The van der Waals surface area contributed by atoms with Crippen molar-refractivity contribution in [2.45, 2.75) is 70.3 Å². The minimum Gasteiger partial charge on any atom is -0.508 e. The molecule has 0 aromatic heterocycles. The van der Waals surface area contributed by atoms with Gasteiger partial charge in [0.2, 0.25) is 17.7 Å². The van der Waals surface area contributed by atoms with Crippen LogP contribution in [0.2, 0.25) is 0 Å². The zero-order valence-electron chi connectivity index (χ0n) is 20.3. The van der Waals surface area contributed by atoms with Crippen LogP contribution in [0.25, 0.3) is 0 Å². The lowest BCUT2D eigenvalue weighted by Crippen LogP contribution is -2.60. The van der Waals surface area contributed by atoms with Gasteiger partial charge in [0.1, 0.15) is 17.8 Å². The van der Waals surface area contributed by atoms with Crippen LogP contribution in [0.15, 0.2) is 24.3 Å². The van der Waals surface area contributed by atoms with Crippen molar-refractivity contribution in [1.82, 2.24) is 16.0 Å². The lowest BCUT2D eigenvalue weighted by Gasteiger charge is -2.28. The van der Waals surface area contributed by atoms with E-state index in [2.05, 4.69) is 16.0 Å². The molecule has 1 aromatic rings. The summed E-state index contributed by atoms with van der Waals surface area (Å²) in [6.07, 6.45) is -1.74. The first-order valence-corrected chi connectivity index (χ1v) is 11.3. The van der Waals surface area contributed by atoms with Crippen LogP contribution in [0.1, 0.15) is 39.2 Å². The van der Waals surface area contributed by atoms with Gasteiger partial charge in [-0.1, -0.05) is 32.4 Å². The van der Waals surface area contributed by atoms with E-state index in [-0.39, 0.29) is 12.2 Å². The number of nitrogens with one attached hydrogen (secondary N) is 3. The molecule has 13 heteroatoms. The molecule has 0 heterocycles. The normalized spacial score (nSPS) is 15.9. The smallest absolute Gasteiger partial charge is 0.328 e. The SMILES string of the molecule is CCC(C)C(NC(=O)C(Cc1ccc(O)cc1)NC(=O)C(N)CC(=O)O)C(=O)NC(C(=O)O)C(C)O. The Morgan fingerprint density at radius 2 is 1.44 bits per heavy atom. The Bertz CT molecular complexity index is 936. The summed E-state index contributed by atoms with van der Waals surface area (Å²) in [5.41, 5.74) is 6.14. The highest BCUT2D eigenvalue weighted by molar-refractivity contribution is 5.95. The van der Waals surface area contributed by atoms with E-state index in [1.54, 1.807) is 13.8 Å². The monoisotopic (exact) mass is 510 g/mol. The van der Waals surface area contributed by atoms with Crippen molar-refractivity contribution in [3.05, 3.63) is 29.8 Å². The van der Waals surface area contributed by atoms with Gasteiger partial charge in [-0.25, -0.2) is 4.79 Å². The molecule has 36 heavy (non-hydrogen) atoms. The number of hydrogen-bond donors (Lipinski definition) is 8. The fraction of sp³-hybridized carbons (Fsp3) is 0.522. The van der Waals surface area contributed by atoms with Gasteiger partial charge in [0, 0.05) is 6.42 Å². The fourth-order valence-corrected chi connectivity index (χ4v) is 3.22. The molecular weight excluding hydrogens is 476 g/mol. The number of aromatic hydroxyl groups is 1. The van der Waals surface area contributed by atoms with Crippen molar-refractivity contribution in [3.63, 3.8) is 0 Å². The van der Waals surface area contributed by atoms with Gasteiger partial charge >= 0.3 is 11.9 Å². The predicted octanol–water partition coefficient (Wildman–Crippen LogP) is -1.30. The first-order chi connectivity index (χ1) is 16.8. The number of nitrogens with two attached hydrogens (primary N) is 1. The van der Waals surface area contributed by atoms with E-state index >= 15 is 0 Å². The van der Waals surface area contributed by atoms with Crippen LogP contribution in [-0.4, -0.2) is 80.4 Å². The maximum atomic E-state index is 13.2. The Kier molecular flexibility index (Phi) is 11.8. The van der Waals surface area contributed by atoms with Gasteiger partial charge in [0.15, 0.2) is 6.04 Å². The van der Waals surface area contributed by atoms with Crippen molar-refractivity contribution in [3.8, 4) is 5.75 Å². The van der Waals surface area contributed by atoms with Crippen LogP contribution >= 0.6 is 0 Å². The van der Waals surface area contributed by atoms with E-state index in [9.17, 15) is 39.3 Å². The van der Waals surface area contributed by atoms with Gasteiger partial charge in [-0.15, -0.1) is 0 Å². The van der Waals surface area contributed by atoms with E-state index in [0.29, 0.717) is 12.0 Å². The minimum atomic E-state index is -1.61. The third-order valence-electron chi connectivity index (χ3n) is 5.58. The topological polar surface area (TPSA) is 228 Å². The molecular formula is C23H34N4O9. The molecule has 200 valence electrons. The third-order valence-corrected chi connectivity index (χ3v) is 5.58. The van der Waals surface area contributed by atoms with Crippen LogP contribution in [-0.2, 0) is 30.4 Å². The molecule has 6 unspecified atom stereocenters. The number of phenolic OH excluding ortho intramolecular Hbond substituents is 1. The highest BCUT2D eigenvalue weighted by Crippen LogP contribution is 2.13. The first kappa shape index (κ1) is 30.3. The lowest BCUT2D eigenvalue weighted by molar-refractivity contribution is -0.145. The maximum absolute atomic E-state index is 13.2. The van der Waals surface area contributed by atoms with Crippen LogP contribution < -0.4 is 21.7 Å². The van der Waals surface area contributed by atoms with Gasteiger partial charge in [0.25, 0.3) is 0 Å². The zero-order valence-corrected chi connectivity index (χ0v) is 20.3. The summed E-state index contributed by atoms with van der Waals surface area (Å²) in [6, 6.07) is 0.231. The summed E-state index contributed by atoms with van der Waals surface area (Å²) in [7, 11) is 0. The molecule has 0 aliphatic heterocycles. The molecule has 3 amide bonds. The second-order valence-corrected chi connectivity index (χ2v) is 8.57. The minimum absolute atomic E-state index is 0.0214. The lowest BCUT2D eigenvalue weighted by atomic mass is 9.96. The number of carboxylic acids is 2. The molecule has 0 radical (unpaired) electrons. The molecule has 1 rings (SSSR count). The number of carboxylic acid groups (broad SMARTS) is 2. The number of amides is 3. The zero-order chi connectivity index (χ0) is 27.6. The highest BCUT2D eigenvalue weighted by Gasteiger charge is 2.34. The standard InChI is InChI=1S/C23H34N4O9/c1-4-11(2)18(22(34)27-19(12(3)28)23(35)36)26-21(33)16(9-13-5-7-14(29)8-6-13)25-20(32)15(24)10-17(30)31/h5-8,11-12,15-16,18-19,28-29H,4,9-10,24H2,1-3H3,(H,25,32)(H,26,33)(H,27,34)(H,30,31)(H,35,36). The number of carbonyl (C=O) groups is 5. The molecule has 9 N–H and O–H groups in total. The summed E-state index contributed by atoms with van der Waals surface area (Å²) in [5, 5.41) is 44.4. The summed E-state index contributed by atoms with van der Waals surface area (Å²) >= 11 is 0. The van der Waals surface area contributed by atoms with Crippen LogP contribution in [0, 0.1) is 5.92 Å². The van der Waals surface area contributed by atoms with E-state index in [0.717, 1.165) is 0 Å². The van der Waals surface area contributed by atoms with Crippen LogP contribution in [0.3, 0.4) is 0 Å². The quantitative estimate of drug-likeness (QED) is 0.147. The van der Waals surface area contributed by atoms with Gasteiger partial charge in [-0.05, 0) is 30.5 Å². The largest absolute Gasteiger partial charge is 0.508 e. The molecule has 0 bridgehead atoms. The number of aliphatic carboxylic acids is 2. The Morgan fingerprint density at radius 1 is 0.889 bits per heavy atom. The van der Waals surface area contributed by atoms with E-state index < -0.39 is 72.3 Å². The highest BCUT2D eigenvalue weighted by atomic mass is 16.4. The third kappa shape index (κ3) is 9.50. The van der Waals surface area contributed by atoms with Gasteiger partial charge in [0.05, 0.1) is 18.6 Å². The molecule has 0 saturated carbocycles. The van der Waals surface area contributed by atoms with Crippen molar-refractivity contribution in [1.29, 1.82) is 0 Å². The molecule has 0 aliphatic carbocycles. The van der Waals surface area contributed by atoms with Gasteiger partial charge in [-0.3, -0.25) is 19.2 Å². The van der Waals surface area contributed by atoms with Crippen molar-refractivity contribution < 1.29 is 44.4 Å². The molecule has 13 nitrogen and oxygen atoms in total. The fourth-order valence-electron chi connectivity index (χ4n) is 3.22. The first-order valence-electron chi connectivity index (χ1n) is 11.3. The summed E-state index contributed by atoms with van der Waals surface area (Å²) in [4.78, 5) is 60.8. The molecule has 6 atom stereocenters. The Hall–Kier alpha value is -3.71. The average molecular weight is 511 g/mol.